The number of ether oxygens (including phenoxy) is 2. The van der Waals surface area contributed by atoms with Gasteiger partial charge in [0.05, 0.1) is 20.3 Å². The molecule has 0 saturated carbocycles. The minimum absolute atomic E-state index is 0.169. The van der Waals surface area contributed by atoms with Gasteiger partial charge in [-0.05, 0) is 40.9 Å². The smallest absolute Gasteiger partial charge is 0.127 e. The normalized spacial score (nSPS) is 12.2. The van der Waals surface area contributed by atoms with Crippen LogP contribution >= 0.6 is 11.3 Å². The van der Waals surface area contributed by atoms with E-state index in [2.05, 4.69) is 17.7 Å². The molecule has 2 aromatic rings. The fourth-order valence-corrected chi connectivity index (χ4v) is 2.82. The molecule has 0 fully saturated rings. The fraction of sp³-hybridized carbons (Fsp3) is 0.286. The molecule has 0 saturated heterocycles. The van der Waals surface area contributed by atoms with Crippen LogP contribution in [0.2, 0.25) is 0 Å². The van der Waals surface area contributed by atoms with Gasteiger partial charge in [-0.2, -0.15) is 11.3 Å². The molecule has 0 spiro atoms. The Bertz CT molecular complexity index is 536. The van der Waals surface area contributed by atoms with Gasteiger partial charge < -0.3 is 15.2 Å². The molecule has 4 heteroatoms. The highest BCUT2D eigenvalue weighted by Crippen LogP contribution is 2.33. The van der Waals surface area contributed by atoms with Crippen LogP contribution in [0.3, 0.4) is 0 Å². The first-order valence-electron chi connectivity index (χ1n) is 5.67. The summed E-state index contributed by atoms with van der Waals surface area (Å²) < 4.78 is 10.6. The van der Waals surface area contributed by atoms with Gasteiger partial charge in [0, 0.05) is 11.6 Å². The maximum absolute atomic E-state index is 6.32. The summed E-state index contributed by atoms with van der Waals surface area (Å²) in [6.07, 6.45) is 0. The number of hydrogen-bond acceptors (Lipinski definition) is 4. The number of benzene rings is 1. The molecule has 2 N–H and O–H groups in total. The number of nitrogens with two attached hydrogens (primary N) is 1. The Kier molecular flexibility index (Phi) is 3.89. The van der Waals surface area contributed by atoms with Crippen LogP contribution < -0.4 is 15.2 Å². The number of methoxy groups -OCH3 is 2. The largest absolute Gasteiger partial charge is 0.497 e. The van der Waals surface area contributed by atoms with E-state index in [1.165, 1.54) is 5.56 Å². The highest BCUT2D eigenvalue weighted by atomic mass is 32.1. The molecule has 0 bridgehead atoms. The summed E-state index contributed by atoms with van der Waals surface area (Å²) in [6.45, 7) is 2.07. The third-order valence-corrected chi connectivity index (χ3v) is 3.89. The number of aryl methyl sites for hydroxylation is 1. The van der Waals surface area contributed by atoms with Crippen molar-refractivity contribution in [1.82, 2.24) is 0 Å². The molecule has 1 atom stereocenters. The topological polar surface area (TPSA) is 44.5 Å². The first-order chi connectivity index (χ1) is 8.67. The summed E-state index contributed by atoms with van der Waals surface area (Å²) in [5.41, 5.74) is 9.64. The van der Waals surface area contributed by atoms with E-state index in [9.17, 15) is 0 Å². The van der Waals surface area contributed by atoms with Crippen LogP contribution in [-0.2, 0) is 0 Å². The molecule has 0 aliphatic carbocycles. The Morgan fingerprint density at radius 2 is 1.89 bits per heavy atom. The first-order valence-corrected chi connectivity index (χ1v) is 6.62. The van der Waals surface area contributed by atoms with E-state index < -0.39 is 0 Å². The summed E-state index contributed by atoms with van der Waals surface area (Å²) in [6, 6.07) is 5.55. The molecule has 1 unspecified atom stereocenters. The summed E-state index contributed by atoms with van der Waals surface area (Å²) >= 11 is 1.66. The minimum atomic E-state index is -0.169. The predicted molar refractivity (Wildman–Crippen MR) is 74.6 cm³/mol. The monoisotopic (exact) mass is 263 g/mol. The molecule has 0 radical (unpaired) electrons. The van der Waals surface area contributed by atoms with Gasteiger partial charge in [-0.15, -0.1) is 0 Å². The lowest BCUT2D eigenvalue weighted by Crippen LogP contribution is -2.13. The van der Waals surface area contributed by atoms with E-state index in [0.29, 0.717) is 0 Å². The average Bonchev–Trinajstić information content (AvgIpc) is 2.83. The van der Waals surface area contributed by atoms with Gasteiger partial charge in [0.15, 0.2) is 0 Å². The van der Waals surface area contributed by atoms with E-state index in [4.69, 9.17) is 15.2 Å². The zero-order valence-corrected chi connectivity index (χ0v) is 11.6. The van der Waals surface area contributed by atoms with Crippen LogP contribution in [0, 0.1) is 6.92 Å². The first kappa shape index (κ1) is 12.9. The lowest BCUT2D eigenvalue weighted by atomic mass is 9.98. The highest BCUT2D eigenvalue weighted by molar-refractivity contribution is 7.08. The quantitative estimate of drug-likeness (QED) is 0.921. The van der Waals surface area contributed by atoms with E-state index in [1.54, 1.807) is 25.6 Å². The van der Waals surface area contributed by atoms with Crippen molar-refractivity contribution in [1.29, 1.82) is 0 Å². The third-order valence-electron chi connectivity index (χ3n) is 3.01. The summed E-state index contributed by atoms with van der Waals surface area (Å²) in [5, 5.41) is 4.19. The van der Waals surface area contributed by atoms with Crippen LogP contribution in [0.25, 0.3) is 0 Å². The van der Waals surface area contributed by atoms with Crippen molar-refractivity contribution in [2.45, 2.75) is 13.0 Å². The Hall–Kier alpha value is -1.52. The van der Waals surface area contributed by atoms with Crippen molar-refractivity contribution >= 4 is 11.3 Å². The maximum Gasteiger partial charge on any atom is 0.127 e. The van der Waals surface area contributed by atoms with Crippen molar-refractivity contribution in [3.8, 4) is 11.5 Å². The molecule has 0 aliphatic rings. The van der Waals surface area contributed by atoms with E-state index in [1.807, 2.05) is 18.2 Å². The third kappa shape index (κ3) is 2.35. The zero-order valence-electron chi connectivity index (χ0n) is 10.8. The molecule has 0 amide bonds. The second kappa shape index (κ2) is 5.42. The van der Waals surface area contributed by atoms with Gasteiger partial charge >= 0.3 is 0 Å². The summed E-state index contributed by atoms with van der Waals surface area (Å²) in [4.78, 5) is 0. The molecule has 0 aliphatic heterocycles. The van der Waals surface area contributed by atoms with Crippen molar-refractivity contribution < 1.29 is 9.47 Å². The Balaban J connectivity index is 2.41. The standard InChI is InChI=1S/C14H17NO2S/c1-9-7-18-8-12(9)14(15)11-5-4-10(16-2)6-13(11)17-3/h4-8,14H,15H2,1-3H3. The highest BCUT2D eigenvalue weighted by Gasteiger charge is 2.17. The molecule has 1 aromatic carbocycles. The van der Waals surface area contributed by atoms with Crippen LogP contribution in [0.15, 0.2) is 29.0 Å². The Morgan fingerprint density at radius 1 is 1.11 bits per heavy atom. The lowest BCUT2D eigenvalue weighted by molar-refractivity contribution is 0.390. The maximum atomic E-state index is 6.32. The fourth-order valence-electron chi connectivity index (χ4n) is 1.93. The molecule has 1 heterocycles. The second-order valence-electron chi connectivity index (χ2n) is 4.10. The van der Waals surface area contributed by atoms with Crippen LogP contribution in [0.5, 0.6) is 11.5 Å². The minimum Gasteiger partial charge on any atom is -0.497 e. The Labute approximate surface area is 111 Å². The second-order valence-corrected chi connectivity index (χ2v) is 4.84. The van der Waals surface area contributed by atoms with Crippen LogP contribution in [0.1, 0.15) is 22.7 Å². The van der Waals surface area contributed by atoms with Gasteiger partial charge in [-0.25, -0.2) is 0 Å². The van der Waals surface area contributed by atoms with Gasteiger partial charge in [-0.1, -0.05) is 0 Å². The molecular formula is C14H17NO2S. The SMILES string of the molecule is COc1ccc(C(N)c2cscc2C)c(OC)c1. The molecule has 96 valence electrons. The zero-order chi connectivity index (χ0) is 13.1. The number of hydrogen-bond donors (Lipinski definition) is 1. The van der Waals surface area contributed by atoms with Crippen LogP contribution in [-0.4, -0.2) is 14.2 Å². The lowest BCUT2D eigenvalue weighted by Gasteiger charge is -2.16. The Morgan fingerprint density at radius 3 is 2.44 bits per heavy atom. The van der Waals surface area contributed by atoms with E-state index in [-0.39, 0.29) is 6.04 Å². The number of rotatable bonds is 4. The average molecular weight is 263 g/mol. The molecule has 2 rings (SSSR count). The molecule has 18 heavy (non-hydrogen) atoms. The van der Waals surface area contributed by atoms with Crippen molar-refractivity contribution in [3.05, 3.63) is 45.6 Å². The van der Waals surface area contributed by atoms with Gasteiger partial charge in [-0.3, -0.25) is 0 Å². The van der Waals surface area contributed by atoms with Crippen LogP contribution in [0.4, 0.5) is 0 Å². The predicted octanol–water partition coefficient (Wildman–Crippen LogP) is 3.12. The van der Waals surface area contributed by atoms with Crippen molar-refractivity contribution in [3.63, 3.8) is 0 Å². The van der Waals surface area contributed by atoms with E-state index in [0.717, 1.165) is 22.6 Å². The number of thiophene rings is 1. The molecular weight excluding hydrogens is 246 g/mol. The van der Waals surface area contributed by atoms with Crippen molar-refractivity contribution in [2.24, 2.45) is 5.73 Å². The van der Waals surface area contributed by atoms with Gasteiger partial charge in [0.2, 0.25) is 0 Å². The van der Waals surface area contributed by atoms with Crippen molar-refractivity contribution in [2.75, 3.05) is 14.2 Å². The summed E-state index contributed by atoms with van der Waals surface area (Å²) in [7, 11) is 3.28. The molecule has 1 aromatic heterocycles. The summed E-state index contributed by atoms with van der Waals surface area (Å²) in [5.74, 6) is 1.53. The van der Waals surface area contributed by atoms with Gasteiger partial charge in [0.1, 0.15) is 11.5 Å². The molecule has 3 nitrogen and oxygen atoms in total. The van der Waals surface area contributed by atoms with E-state index >= 15 is 0 Å². The van der Waals surface area contributed by atoms with Gasteiger partial charge in [0.25, 0.3) is 0 Å².